The van der Waals surface area contributed by atoms with Crippen LogP contribution in [-0.2, 0) is 16.4 Å². The van der Waals surface area contributed by atoms with Crippen molar-refractivity contribution in [1.29, 1.82) is 0 Å². The number of H-pyrrole nitrogens is 1. The van der Waals surface area contributed by atoms with Crippen molar-refractivity contribution >= 4 is 21.5 Å². The molecule has 6 rings (SSSR count). The van der Waals surface area contributed by atoms with Crippen molar-refractivity contribution in [1.82, 2.24) is 8.96 Å². The minimum Gasteiger partial charge on any atom is -0.508 e. The van der Waals surface area contributed by atoms with Gasteiger partial charge in [-0.3, -0.25) is 9.79 Å². The van der Waals surface area contributed by atoms with E-state index in [2.05, 4.69) is 9.98 Å². The van der Waals surface area contributed by atoms with Crippen molar-refractivity contribution in [2.24, 2.45) is 4.99 Å². The number of carbonyl (C=O) groups excluding carboxylic acids is 1. The summed E-state index contributed by atoms with van der Waals surface area (Å²) in [5, 5.41) is 9.65. The zero-order valence-corrected chi connectivity index (χ0v) is 18.5. The number of aromatic nitrogens is 2. The number of aryl methyl sites for hydroxylation is 1. The number of hydrogen-bond donors (Lipinski definition) is 2. The summed E-state index contributed by atoms with van der Waals surface area (Å²) in [4.78, 5) is 21.8. The van der Waals surface area contributed by atoms with Gasteiger partial charge in [-0.25, -0.2) is 12.4 Å². The Hall–Kier alpha value is -3.91. The van der Waals surface area contributed by atoms with Gasteiger partial charge in [0.15, 0.2) is 0 Å². The van der Waals surface area contributed by atoms with Crippen LogP contribution in [-0.4, -0.2) is 40.5 Å². The second kappa shape index (κ2) is 6.79. The zero-order valence-electron chi connectivity index (χ0n) is 17.7. The van der Waals surface area contributed by atoms with Crippen molar-refractivity contribution in [2.75, 3.05) is 6.54 Å². The Morgan fingerprint density at radius 2 is 1.76 bits per heavy atom. The number of phenols is 1. The number of aromatic hydroxyl groups is 1. The van der Waals surface area contributed by atoms with Gasteiger partial charge in [0, 0.05) is 30.1 Å². The molecule has 0 amide bonds. The van der Waals surface area contributed by atoms with E-state index in [0.717, 1.165) is 20.7 Å². The van der Waals surface area contributed by atoms with Gasteiger partial charge in [0.2, 0.25) is 5.78 Å². The van der Waals surface area contributed by atoms with Gasteiger partial charge >= 0.3 is 0 Å². The normalized spacial score (nSPS) is 14.6. The molecule has 0 bridgehead atoms. The van der Waals surface area contributed by atoms with Crippen LogP contribution < -0.4 is 0 Å². The number of fused-ring (bicyclic) bond motifs is 2. The van der Waals surface area contributed by atoms with Crippen molar-refractivity contribution in [2.45, 2.75) is 18.2 Å². The fraction of sp³-hybridized carbons (Fsp3) is 0.120. The van der Waals surface area contributed by atoms with Crippen LogP contribution in [0.5, 0.6) is 5.75 Å². The lowest BCUT2D eigenvalue weighted by Crippen LogP contribution is -2.27. The lowest BCUT2D eigenvalue weighted by atomic mass is 9.85. The molecule has 0 fully saturated rings. The van der Waals surface area contributed by atoms with Gasteiger partial charge in [0.25, 0.3) is 10.0 Å². The number of hydrogen-bond acceptors (Lipinski definition) is 5. The SMILES string of the molecule is Cc1ccc(S(=O)(=O)n2cc3c4c2C(=O)c2c(-c5ccc(O)cc5)c[nH]c2C4=NCC3)cc1. The molecular weight excluding hydrogens is 438 g/mol. The fourth-order valence-corrected chi connectivity index (χ4v) is 6.01. The van der Waals surface area contributed by atoms with E-state index in [4.69, 9.17) is 0 Å². The minimum absolute atomic E-state index is 0.121. The summed E-state index contributed by atoms with van der Waals surface area (Å²) in [5.74, 6) is -0.247. The van der Waals surface area contributed by atoms with Gasteiger partial charge in [-0.15, -0.1) is 0 Å². The molecule has 33 heavy (non-hydrogen) atoms. The predicted octanol–water partition coefficient (Wildman–Crippen LogP) is 3.67. The van der Waals surface area contributed by atoms with E-state index < -0.39 is 10.0 Å². The van der Waals surface area contributed by atoms with Crippen molar-refractivity contribution in [3.63, 3.8) is 0 Å². The summed E-state index contributed by atoms with van der Waals surface area (Å²) in [5.41, 5.74) is 5.43. The molecule has 7 nitrogen and oxygen atoms in total. The maximum Gasteiger partial charge on any atom is 0.268 e. The second-order valence-corrected chi connectivity index (χ2v) is 10.1. The molecule has 2 N–H and O–H groups in total. The highest BCUT2D eigenvalue weighted by Crippen LogP contribution is 2.39. The van der Waals surface area contributed by atoms with E-state index in [9.17, 15) is 18.3 Å². The molecule has 0 radical (unpaired) electrons. The molecule has 1 aliphatic carbocycles. The molecule has 0 unspecified atom stereocenters. The van der Waals surface area contributed by atoms with Crippen molar-refractivity contribution < 1.29 is 18.3 Å². The summed E-state index contributed by atoms with van der Waals surface area (Å²) < 4.78 is 28.3. The molecule has 0 spiro atoms. The van der Waals surface area contributed by atoms with Gasteiger partial charge in [-0.1, -0.05) is 29.8 Å². The number of benzene rings is 2. The molecular formula is C25H19N3O4S. The Morgan fingerprint density at radius 1 is 1.03 bits per heavy atom. The summed E-state index contributed by atoms with van der Waals surface area (Å²) >= 11 is 0. The standard InChI is InChI=1S/C25H19N3O4S/c1-14-2-8-18(9-3-14)33(31,32)28-13-16-10-11-26-22-20(16)24(28)25(30)21-19(12-27-23(21)22)15-4-6-17(29)7-5-15/h2-9,12-13,27,29H,10-11H2,1H3. The molecule has 0 atom stereocenters. The Balaban J connectivity index is 1.59. The number of aromatic amines is 1. The molecule has 2 aliphatic rings. The largest absolute Gasteiger partial charge is 0.508 e. The van der Waals surface area contributed by atoms with Crippen LogP contribution in [0.25, 0.3) is 11.1 Å². The number of nitrogens with one attached hydrogen (secondary N) is 1. The fourth-order valence-electron chi connectivity index (χ4n) is 4.62. The average Bonchev–Trinajstić information content (AvgIpc) is 3.42. The third-order valence-corrected chi connectivity index (χ3v) is 7.93. The lowest BCUT2D eigenvalue weighted by molar-refractivity contribution is 0.103. The Bertz CT molecular complexity index is 1590. The molecule has 164 valence electrons. The monoisotopic (exact) mass is 457 g/mol. The van der Waals surface area contributed by atoms with Crippen LogP contribution in [0.3, 0.4) is 0 Å². The quantitative estimate of drug-likeness (QED) is 0.431. The molecule has 2 aromatic carbocycles. The first-order valence-corrected chi connectivity index (χ1v) is 12.0. The van der Waals surface area contributed by atoms with Gasteiger partial charge in [-0.05, 0) is 48.7 Å². The highest BCUT2D eigenvalue weighted by molar-refractivity contribution is 7.90. The van der Waals surface area contributed by atoms with Crippen LogP contribution in [0.4, 0.5) is 0 Å². The maximum atomic E-state index is 13.9. The maximum absolute atomic E-state index is 13.9. The molecule has 2 aromatic heterocycles. The van der Waals surface area contributed by atoms with E-state index in [1.54, 1.807) is 60.9 Å². The predicted molar refractivity (Wildman–Crippen MR) is 124 cm³/mol. The first kappa shape index (κ1) is 19.8. The Morgan fingerprint density at radius 3 is 2.48 bits per heavy atom. The van der Waals surface area contributed by atoms with E-state index in [1.807, 2.05) is 6.92 Å². The lowest BCUT2D eigenvalue weighted by Gasteiger charge is -2.21. The third-order valence-electron chi connectivity index (χ3n) is 6.25. The van der Waals surface area contributed by atoms with Crippen LogP contribution in [0.1, 0.15) is 38.4 Å². The number of aliphatic imine (C=N–C) groups is 1. The number of phenolic OH excluding ortho intramolecular Hbond substituents is 1. The summed E-state index contributed by atoms with van der Waals surface area (Å²) in [7, 11) is -3.99. The number of carbonyl (C=O) groups is 1. The summed E-state index contributed by atoms with van der Waals surface area (Å²) in [6.45, 7) is 2.40. The molecule has 4 aromatic rings. The second-order valence-electron chi connectivity index (χ2n) is 8.30. The first-order valence-electron chi connectivity index (χ1n) is 10.5. The number of ketones is 1. The van der Waals surface area contributed by atoms with Gasteiger partial charge in [0.1, 0.15) is 11.4 Å². The highest BCUT2D eigenvalue weighted by atomic mass is 32.2. The van der Waals surface area contributed by atoms with Gasteiger partial charge in [-0.2, -0.15) is 0 Å². The highest BCUT2D eigenvalue weighted by Gasteiger charge is 2.40. The van der Waals surface area contributed by atoms with Crippen LogP contribution in [0, 0.1) is 6.92 Å². The smallest absolute Gasteiger partial charge is 0.268 e. The number of nitrogens with zero attached hydrogens (tertiary/aromatic N) is 2. The Labute approximate surface area is 190 Å². The molecule has 3 heterocycles. The Kier molecular flexibility index (Phi) is 4.07. The van der Waals surface area contributed by atoms with E-state index in [0.29, 0.717) is 41.1 Å². The van der Waals surface area contributed by atoms with Crippen LogP contribution >= 0.6 is 0 Å². The summed E-state index contributed by atoms with van der Waals surface area (Å²) in [6.07, 6.45) is 3.87. The molecule has 0 saturated heterocycles. The zero-order chi connectivity index (χ0) is 22.9. The van der Waals surface area contributed by atoms with Gasteiger partial charge in [0.05, 0.1) is 21.9 Å². The van der Waals surface area contributed by atoms with Crippen molar-refractivity contribution in [3.8, 4) is 16.9 Å². The summed E-state index contributed by atoms with van der Waals surface area (Å²) in [6, 6.07) is 13.1. The van der Waals surface area contributed by atoms with Crippen molar-refractivity contribution in [3.05, 3.63) is 94.6 Å². The van der Waals surface area contributed by atoms with Gasteiger partial charge < -0.3 is 10.1 Å². The van der Waals surface area contributed by atoms with E-state index in [-0.39, 0.29) is 22.1 Å². The average molecular weight is 458 g/mol. The topological polar surface area (TPSA) is 105 Å². The molecule has 0 saturated carbocycles. The third kappa shape index (κ3) is 2.77. The molecule has 8 heteroatoms. The van der Waals surface area contributed by atoms with E-state index >= 15 is 0 Å². The van der Waals surface area contributed by atoms with E-state index in [1.165, 1.54) is 0 Å². The molecule has 1 aliphatic heterocycles. The van der Waals surface area contributed by atoms with Crippen LogP contribution in [0.2, 0.25) is 0 Å². The minimum atomic E-state index is -3.99. The van der Waals surface area contributed by atoms with Crippen LogP contribution in [0.15, 0.2) is 70.8 Å². The first-order chi connectivity index (χ1) is 15.9. The number of rotatable bonds is 3.